The Morgan fingerprint density at radius 1 is 1.21 bits per heavy atom. The number of nitrogens with zero attached hydrogens (tertiary/aromatic N) is 1. The average molecular weight is 253 g/mol. The van der Waals surface area contributed by atoms with Crippen LogP contribution in [-0.4, -0.2) is 17.9 Å². The third-order valence-corrected chi connectivity index (χ3v) is 3.19. The molecule has 3 rings (SSSR count). The van der Waals surface area contributed by atoms with Gasteiger partial charge in [0.15, 0.2) is 0 Å². The van der Waals surface area contributed by atoms with Crippen LogP contribution in [0.1, 0.15) is 16.7 Å². The van der Waals surface area contributed by atoms with Crippen molar-refractivity contribution in [2.24, 2.45) is 4.99 Å². The van der Waals surface area contributed by atoms with Gasteiger partial charge in [-0.2, -0.15) is 0 Å². The van der Waals surface area contributed by atoms with Gasteiger partial charge < -0.3 is 9.84 Å². The molecule has 3 heteroatoms. The summed E-state index contributed by atoms with van der Waals surface area (Å²) in [5.41, 5.74) is 2.92. The summed E-state index contributed by atoms with van der Waals surface area (Å²) in [5.74, 6) is 1.13. The highest BCUT2D eigenvalue weighted by atomic mass is 16.5. The number of hydrogen-bond acceptors (Lipinski definition) is 3. The van der Waals surface area contributed by atoms with Crippen molar-refractivity contribution in [1.29, 1.82) is 0 Å². The minimum Gasteiger partial charge on any atom is -0.507 e. The van der Waals surface area contributed by atoms with Crippen LogP contribution in [0.2, 0.25) is 0 Å². The van der Waals surface area contributed by atoms with Crippen LogP contribution in [0.25, 0.3) is 0 Å². The first kappa shape index (κ1) is 11.8. The molecule has 0 unspecified atom stereocenters. The van der Waals surface area contributed by atoms with Gasteiger partial charge >= 0.3 is 0 Å². The van der Waals surface area contributed by atoms with Gasteiger partial charge in [0.05, 0.1) is 13.2 Å². The van der Waals surface area contributed by atoms with E-state index in [-0.39, 0.29) is 5.75 Å². The van der Waals surface area contributed by atoms with Crippen molar-refractivity contribution in [1.82, 2.24) is 0 Å². The van der Waals surface area contributed by atoms with E-state index in [0.717, 1.165) is 23.3 Å². The lowest BCUT2D eigenvalue weighted by Gasteiger charge is -2.03. The summed E-state index contributed by atoms with van der Waals surface area (Å²) in [5, 5.41) is 9.93. The topological polar surface area (TPSA) is 41.8 Å². The predicted molar refractivity (Wildman–Crippen MR) is 75.0 cm³/mol. The van der Waals surface area contributed by atoms with Crippen LogP contribution in [0.15, 0.2) is 47.5 Å². The van der Waals surface area contributed by atoms with Gasteiger partial charge in [-0.05, 0) is 17.7 Å². The summed E-state index contributed by atoms with van der Waals surface area (Å²) in [6.07, 6.45) is 2.56. The van der Waals surface area contributed by atoms with Gasteiger partial charge in [-0.3, -0.25) is 4.99 Å². The average Bonchev–Trinajstić information content (AvgIpc) is 2.87. The van der Waals surface area contributed by atoms with E-state index in [1.807, 2.05) is 36.4 Å². The summed E-state index contributed by atoms with van der Waals surface area (Å²) in [4.78, 5) is 4.36. The maximum absolute atomic E-state index is 9.93. The Kier molecular flexibility index (Phi) is 3.19. The molecule has 1 heterocycles. The number of benzene rings is 2. The molecule has 0 saturated carbocycles. The maximum atomic E-state index is 9.93. The van der Waals surface area contributed by atoms with E-state index in [2.05, 4.69) is 4.99 Å². The molecule has 1 N–H and O–H groups in total. The molecule has 19 heavy (non-hydrogen) atoms. The first-order valence-corrected chi connectivity index (χ1v) is 6.35. The summed E-state index contributed by atoms with van der Waals surface area (Å²) >= 11 is 0. The quantitative estimate of drug-likeness (QED) is 0.854. The highest BCUT2D eigenvalue weighted by Crippen LogP contribution is 2.31. The molecule has 0 atom stereocenters. The number of aliphatic imine (C=N–C) groups is 1. The molecule has 0 aromatic heterocycles. The van der Waals surface area contributed by atoms with Gasteiger partial charge in [0.25, 0.3) is 0 Å². The number of hydrogen-bond donors (Lipinski definition) is 1. The molecular weight excluding hydrogens is 238 g/mol. The maximum Gasteiger partial charge on any atom is 0.124 e. The zero-order chi connectivity index (χ0) is 13.1. The number of fused-ring (bicyclic) bond motifs is 1. The number of phenolic OH excluding ortho intramolecular Hbond substituents is 1. The van der Waals surface area contributed by atoms with Gasteiger partial charge in [0.2, 0.25) is 0 Å². The Bertz CT molecular complexity index is 606. The number of phenols is 1. The Morgan fingerprint density at radius 3 is 2.89 bits per heavy atom. The molecule has 0 bridgehead atoms. The zero-order valence-corrected chi connectivity index (χ0v) is 10.5. The molecule has 0 saturated heterocycles. The van der Waals surface area contributed by atoms with Gasteiger partial charge in [0.1, 0.15) is 11.5 Å². The fraction of sp³-hybridized carbons (Fsp3) is 0.188. The molecule has 2 aromatic rings. The van der Waals surface area contributed by atoms with E-state index in [1.54, 1.807) is 12.3 Å². The molecule has 1 aliphatic heterocycles. The summed E-state index contributed by atoms with van der Waals surface area (Å²) in [6.45, 7) is 1.30. The SMILES string of the molecule is Oc1cc2c(cc1C=NCc1ccccc1)OCC2. The van der Waals surface area contributed by atoms with Crippen molar-refractivity contribution in [2.45, 2.75) is 13.0 Å². The second-order valence-corrected chi connectivity index (χ2v) is 4.57. The fourth-order valence-electron chi connectivity index (χ4n) is 2.16. The molecule has 0 fully saturated rings. The first-order valence-electron chi connectivity index (χ1n) is 6.35. The van der Waals surface area contributed by atoms with Crippen molar-refractivity contribution in [3.63, 3.8) is 0 Å². The smallest absolute Gasteiger partial charge is 0.124 e. The monoisotopic (exact) mass is 253 g/mol. The van der Waals surface area contributed by atoms with Gasteiger partial charge in [-0.1, -0.05) is 30.3 Å². The lowest BCUT2D eigenvalue weighted by molar-refractivity contribution is 0.356. The van der Waals surface area contributed by atoms with Crippen molar-refractivity contribution in [2.75, 3.05) is 6.61 Å². The third-order valence-electron chi connectivity index (χ3n) is 3.19. The van der Waals surface area contributed by atoms with E-state index < -0.39 is 0 Å². The standard InChI is InChI=1S/C16H15NO2/c18-15-8-13-6-7-19-16(13)9-14(15)11-17-10-12-4-2-1-3-5-12/h1-5,8-9,11,18H,6-7,10H2. The molecule has 0 radical (unpaired) electrons. The van der Waals surface area contributed by atoms with Crippen LogP contribution < -0.4 is 4.74 Å². The van der Waals surface area contributed by atoms with Crippen molar-refractivity contribution >= 4 is 6.21 Å². The Hall–Kier alpha value is -2.29. The number of aromatic hydroxyl groups is 1. The minimum absolute atomic E-state index is 0.265. The van der Waals surface area contributed by atoms with Crippen LogP contribution in [-0.2, 0) is 13.0 Å². The van der Waals surface area contributed by atoms with Crippen LogP contribution in [0.3, 0.4) is 0 Å². The van der Waals surface area contributed by atoms with Crippen molar-refractivity contribution in [3.8, 4) is 11.5 Å². The van der Waals surface area contributed by atoms with Crippen LogP contribution in [0.5, 0.6) is 11.5 Å². The lowest BCUT2D eigenvalue weighted by Crippen LogP contribution is -1.88. The minimum atomic E-state index is 0.265. The fourth-order valence-corrected chi connectivity index (χ4v) is 2.16. The normalized spacial score (nSPS) is 13.5. The van der Waals surface area contributed by atoms with Gasteiger partial charge in [-0.25, -0.2) is 0 Å². The molecule has 3 nitrogen and oxygen atoms in total. The highest BCUT2D eigenvalue weighted by Gasteiger charge is 2.14. The van der Waals surface area contributed by atoms with Crippen LogP contribution >= 0.6 is 0 Å². The van der Waals surface area contributed by atoms with Crippen molar-refractivity contribution < 1.29 is 9.84 Å². The largest absolute Gasteiger partial charge is 0.507 e. The Labute approximate surface area is 112 Å². The van der Waals surface area contributed by atoms with E-state index in [9.17, 15) is 5.11 Å². The van der Waals surface area contributed by atoms with Crippen molar-refractivity contribution in [3.05, 3.63) is 59.2 Å². The predicted octanol–water partition coefficient (Wildman–Crippen LogP) is 2.95. The second-order valence-electron chi connectivity index (χ2n) is 4.57. The lowest BCUT2D eigenvalue weighted by atomic mass is 10.1. The van der Waals surface area contributed by atoms with Gasteiger partial charge in [0, 0.05) is 23.8 Å². The second kappa shape index (κ2) is 5.14. The Balaban J connectivity index is 1.76. The van der Waals surface area contributed by atoms with E-state index in [0.29, 0.717) is 18.7 Å². The summed E-state index contributed by atoms with van der Waals surface area (Å²) < 4.78 is 5.49. The first-order chi connectivity index (χ1) is 9.33. The van der Waals surface area contributed by atoms with Crippen LogP contribution in [0, 0.1) is 0 Å². The highest BCUT2D eigenvalue weighted by molar-refractivity contribution is 5.84. The van der Waals surface area contributed by atoms with Crippen LogP contribution in [0.4, 0.5) is 0 Å². The third kappa shape index (κ3) is 2.60. The molecule has 1 aliphatic rings. The molecule has 96 valence electrons. The Morgan fingerprint density at radius 2 is 2.05 bits per heavy atom. The van der Waals surface area contributed by atoms with E-state index >= 15 is 0 Å². The van der Waals surface area contributed by atoms with E-state index in [1.165, 1.54) is 0 Å². The molecule has 0 aliphatic carbocycles. The van der Waals surface area contributed by atoms with Gasteiger partial charge in [-0.15, -0.1) is 0 Å². The summed E-state index contributed by atoms with van der Waals surface area (Å²) in [6, 6.07) is 13.7. The molecule has 0 amide bonds. The number of rotatable bonds is 3. The van der Waals surface area contributed by atoms with E-state index in [4.69, 9.17) is 4.74 Å². The molecule has 2 aromatic carbocycles. The molecule has 0 spiro atoms. The number of ether oxygens (including phenoxy) is 1. The summed E-state index contributed by atoms with van der Waals surface area (Å²) in [7, 11) is 0. The molecular formula is C16H15NO2. The zero-order valence-electron chi connectivity index (χ0n) is 10.5.